The molecule has 1 amide bonds. The highest BCUT2D eigenvalue weighted by atomic mass is 35.5. The van der Waals surface area contributed by atoms with E-state index in [0.717, 1.165) is 17.9 Å². The molecule has 0 fully saturated rings. The first-order valence-corrected chi connectivity index (χ1v) is 6.46. The quantitative estimate of drug-likeness (QED) is 0.845. The van der Waals surface area contributed by atoms with Crippen molar-refractivity contribution < 1.29 is 9.53 Å². The van der Waals surface area contributed by atoms with Gasteiger partial charge in [-0.05, 0) is 51.3 Å². The fourth-order valence-electron chi connectivity index (χ4n) is 1.45. The van der Waals surface area contributed by atoms with Crippen molar-refractivity contribution >= 4 is 17.7 Å². The minimum absolute atomic E-state index is 0.362. The molecule has 1 N–H and O–H groups in total. The Morgan fingerprint density at radius 1 is 1.28 bits per heavy atom. The number of alkyl carbamates (subject to hydrolysis) is 1. The monoisotopic (exact) mass is 269 g/mol. The molecule has 0 aliphatic carbocycles. The molecule has 0 saturated heterocycles. The highest BCUT2D eigenvalue weighted by molar-refractivity contribution is 6.30. The van der Waals surface area contributed by atoms with Crippen LogP contribution < -0.4 is 5.32 Å². The number of carbonyl (C=O) groups excluding carboxylic acids is 1. The molecule has 0 heterocycles. The van der Waals surface area contributed by atoms with Gasteiger partial charge in [0.25, 0.3) is 0 Å². The maximum absolute atomic E-state index is 11.4. The molecule has 3 nitrogen and oxygen atoms in total. The third kappa shape index (κ3) is 6.50. The zero-order valence-corrected chi connectivity index (χ0v) is 11.9. The summed E-state index contributed by atoms with van der Waals surface area (Å²) in [6.45, 7) is 6.15. The van der Waals surface area contributed by atoms with E-state index in [9.17, 15) is 4.79 Å². The van der Waals surface area contributed by atoms with Crippen LogP contribution in [0.25, 0.3) is 0 Å². The molecule has 0 radical (unpaired) electrons. The fraction of sp³-hybridized carbons (Fsp3) is 0.500. The third-order valence-electron chi connectivity index (χ3n) is 2.22. The summed E-state index contributed by atoms with van der Waals surface area (Å²) in [5.41, 5.74) is 0.769. The lowest BCUT2D eigenvalue weighted by Gasteiger charge is -2.19. The molecule has 1 aromatic rings. The number of halogens is 1. The van der Waals surface area contributed by atoms with E-state index in [1.807, 2.05) is 45.0 Å². The minimum Gasteiger partial charge on any atom is -0.444 e. The normalized spacial score (nSPS) is 11.1. The number of ether oxygens (including phenoxy) is 1. The first-order valence-electron chi connectivity index (χ1n) is 6.08. The number of benzene rings is 1. The van der Waals surface area contributed by atoms with E-state index in [0.29, 0.717) is 6.54 Å². The zero-order valence-electron chi connectivity index (χ0n) is 11.1. The van der Waals surface area contributed by atoms with Gasteiger partial charge in [0.2, 0.25) is 0 Å². The molecule has 0 atom stereocenters. The van der Waals surface area contributed by atoms with Crippen LogP contribution in [0.2, 0.25) is 5.02 Å². The Hall–Kier alpha value is -1.22. The first-order chi connectivity index (χ1) is 8.37. The number of hydrogen-bond acceptors (Lipinski definition) is 2. The van der Waals surface area contributed by atoms with Gasteiger partial charge >= 0.3 is 6.09 Å². The Labute approximate surface area is 113 Å². The second-order valence-corrected chi connectivity index (χ2v) is 5.60. The van der Waals surface area contributed by atoms with Crippen LogP contribution in [0, 0.1) is 0 Å². The van der Waals surface area contributed by atoms with Crippen LogP contribution in [0.3, 0.4) is 0 Å². The molecule has 18 heavy (non-hydrogen) atoms. The maximum atomic E-state index is 11.4. The molecule has 0 aliphatic rings. The Morgan fingerprint density at radius 3 is 2.44 bits per heavy atom. The van der Waals surface area contributed by atoms with E-state index in [1.165, 1.54) is 5.56 Å². The largest absolute Gasteiger partial charge is 0.444 e. The van der Waals surface area contributed by atoms with Crippen LogP contribution in [0.5, 0.6) is 0 Å². The number of aryl methyl sites for hydroxylation is 1. The smallest absolute Gasteiger partial charge is 0.407 e. The van der Waals surface area contributed by atoms with Gasteiger partial charge in [0.05, 0.1) is 0 Å². The van der Waals surface area contributed by atoms with Crippen molar-refractivity contribution in [3.05, 3.63) is 34.9 Å². The molecule has 0 aromatic heterocycles. The summed E-state index contributed by atoms with van der Waals surface area (Å²) in [6, 6.07) is 7.74. The lowest BCUT2D eigenvalue weighted by molar-refractivity contribution is 0.0527. The Balaban J connectivity index is 2.19. The summed E-state index contributed by atoms with van der Waals surface area (Å²) in [5.74, 6) is 0. The van der Waals surface area contributed by atoms with Crippen molar-refractivity contribution in [3.63, 3.8) is 0 Å². The van der Waals surface area contributed by atoms with E-state index in [-0.39, 0.29) is 6.09 Å². The number of carbonyl (C=O) groups is 1. The van der Waals surface area contributed by atoms with Crippen molar-refractivity contribution in [2.45, 2.75) is 39.2 Å². The van der Waals surface area contributed by atoms with Crippen molar-refractivity contribution in [2.75, 3.05) is 6.54 Å². The summed E-state index contributed by atoms with van der Waals surface area (Å²) in [6.07, 6.45) is 1.42. The molecule has 0 saturated carbocycles. The molecule has 1 rings (SSSR count). The summed E-state index contributed by atoms with van der Waals surface area (Å²) in [5, 5.41) is 3.47. The third-order valence-corrected chi connectivity index (χ3v) is 2.48. The van der Waals surface area contributed by atoms with Crippen molar-refractivity contribution in [2.24, 2.45) is 0 Å². The van der Waals surface area contributed by atoms with E-state index in [2.05, 4.69) is 5.32 Å². The van der Waals surface area contributed by atoms with Crippen LogP contribution in [0.1, 0.15) is 32.8 Å². The summed E-state index contributed by atoms with van der Waals surface area (Å²) >= 11 is 5.80. The van der Waals surface area contributed by atoms with E-state index in [4.69, 9.17) is 16.3 Å². The predicted molar refractivity (Wildman–Crippen MR) is 74.0 cm³/mol. The Kier molecular flexibility index (Phi) is 5.48. The fourth-order valence-corrected chi connectivity index (χ4v) is 1.57. The summed E-state index contributed by atoms with van der Waals surface area (Å²) in [4.78, 5) is 11.4. The number of rotatable bonds is 4. The van der Waals surface area contributed by atoms with Crippen LogP contribution >= 0.6 is 11.6 Å². The second kappa shape index (κ2) is 6.64. The summed E-state index contributed by atoms with van der Waals surface area (Å²) in [7, 11) is 0. The Bertz CT molecular complexity index is 382. The topological polar surface area (TPSA) is 38.3 Å². The van der Waals surface area contributed by atoms with Crippen molar-refractivity contribution in [1.82, 2.24) is 5.32 Å². The van der Waals surface area contributed by atoms with Crippen molar-refractivity contribution in [1.29, 1.82) is 0 Å². The van der Waals surface area contributed by atoms with Gasteiger partial charge in [-0.2, -0.15) is 0 Å². The maximum Gasteiger partial charge on any atom is 0.407 e. The number of nitrogens with one attached hydrogen (secondary N) is 1. The molecule has 0 aliphatic heterocycles. The number of amides is 1. The van der Waals surface area contributed by atoms with Gasteiger partial charge in [0.15, 0.2) is 0 Å². The molecular weight excluding hydrogens is 250 g/mol. The molecule has 0 unspecified atom stereocenters. The molecule has 100 valence electrons. The standard InChI is InChI=1S/C14H20ClNO2/c1-14(2,3)18-13(17)16-10-4-5-11-6-8-12(15)9-7-11/h6-9H,4-5,10H2,1-3H3,(H,16,17). The molecule has 4 heteroatoms. The highest BCUT2D eigenvalue weighted by Crippen LogP contribution is 2.11. The van der Waals surface area contributed by atoms with Crippen LogP contribution in [-0.2, 0) is 11.2 Å². The van der Waals surface area contributed by atoms with Gasteiger partial charge in [-0.25, -0.2) is 4.79 Å². The van der Waals surface area contributed by atoms with Gasteiger partial charge in [-0.3, -0.25) is 0 Å². The highest BCUT2D eigenvalue weighted by Gasteiger charge is 2.15. The average molecular weight is 270 g/mol. The molecule has 0 spiro atoms. The minimum atomic E-state index is -0.444. The second-order valence-electron chi connectivity index (χ2n) is 5.16. The lowest BCUT2D eigenvalue weighted by Crippen LogP contribution is -2.33. The van der Waals surface area contributed by atoms with Gasteiger partial charge in [0.1, 0.15) is 5.60 Å². The van der Waals surface area contributed by atoms with E-state index < -0.39 is 5.60 Å². The zero-order chi connectivity index (χ0) is 13.6. The van der Waals surface area contributed by atoms with Crippen LogP contribution in [0.15, 0.2) is 24.3 Å². The van der Waals surface area contributed by atoms with Gasteiger partial charge in [-0.15, -0.1) is 0 Å². The number of hydrogen-bond donors (Lipinski definition) is 1. The Morgan fingerprint density at radius 2 is 1.89 bits per heavy atom. The SMILES string of the molecule is CC(C)(C)OC(=O)NCCCc1ccc(Cl)cc1. The van der Waals surface area contributed by atoms with Gasteiger partial charge < -0.3 is 10.1 Å². The predicted octanol–water partition coefficient (Wildman–Crippen LogP) is 3.80. The van der Waals surface area contributed by atoms with Crippen LogP contribution in [0.4, 0.5) is 4.79 Å². The average Bonchev–Trinajstić information content (AvgIpc) is 2.24. The van der Waals surface area contributed by atoms with E-state index >= 15 is 0 Å². The van der Waals surface area contributed by atoms with Crippen LogP contribution in [-0.4, -0.2) is 18.2 Å². The lowest BCUT2D eigenvalue weighted by atomic mass is 10.1. The molecular formula is C14H20ClNO2. The van der Waals surface area contributed by atoms with E-state index in [1.54, 1.807) is 0 Å². The molecule has 1 aromatic carbocycles. The van der Waals surface area contributed by atoms with Gasteiger partial charge in [0, 0.05) is 11.6 Å². The van der Waals surface area contributed by atoms with Crippen molar-refractivity contribution in [3.8, 4) is 0 Å². The first kappa shape index (κ1) is 14.8. The summed E-state index contributed by atoms with van der Waals surface area (Å²) < 4.78 is 5.14. The van der Waals surface area contributed by atoms with Gasteiger partial charge in [-0.1, -0.05) is 23.7 Å². The molecule has 0 bridgehead atoms.